The summed E-state index contributed by atoms with van der Waals surface area (Å²) >= 11 is -4.64. The monoisotopic (exact) mass is 120 g/mol. The molecule has 0 aromatic heterocycles. The van der Waals surface area contributed by atoms with Crippen LogP contribution in [0.2, 0.25) is 0 Å². The first-order chi connectivity index (χ1) is 1.73. The van der Waals surface area contributed by atoms with Gasteiger partial charge in [-0.25, -0.2) is 0 Å². The van der Waals surface area contributed by atoms with E-state index in [-0.39, 0.29) is 12.4 Å². The van der Waals surface area contributed by atoms with E-state index in [1.807, 2.05) is 0 Å². The van der Waals surface area contributed by atoms with E-state index in [2.05, 4.69) is 0 Å². The van der Waals surface area contributed by atoms with E-state index >= 15 is 0 Å². The molecule has 0 N–H and O–H groups in total. The van der Waals surface area contributed by atoms with Crippen molar-refractivity contribution >= 4 is 27.9 Å². The third-order valence-electron chi connectivity index (χ3n) is 0. The van der Waals surface area contributed by atoms with Gasteiger partial charge in [0.2, 0.25) is 0 Å². The average molecular weight is 120 g/mol. The molecule has 0 heterocycles. The lowest BCUT2D eigenvalue weighted by molar-refractivity contribution is 0.535. The van der Waals surface area contributed by atoms with E-state index in [1.165, 1.54) is 0 Å². The van der Waals surface area contributed by atoms with Crippen molar-refractivity contribution in [1.82, 2.24) is 0 Å². The molecular formula is HAlClF3. The third kappa shape index (κ3) is 83.9. The highest BCUT2D eigenvalue weighted by atomic mass is 35.5. The van der Waals surface area contributed by atoms with Gasteiger partial charge in [0.1, 0.15) is 0 Å². The molecule has 0 saturated carbocycles. The SMILES string of the molecule is Cl.[F][Al]([F])[F]. The van der Waals surface area contributed by atoms with Crippen molar-refractivity contribution < 1.29 is 10.6 Å². The predicted molar refractivity (Wildman–Crippen MR) is 16.3 cm³/mol. The van der Waals surface area contributed by atoms with Crippen LogP contribution in [-0.4, -0.2) is 15.5 Å². The van der Waals surface area contributed by atoms with Gasteiger partial charge in [0, 0.05) is 0 Å². The summed E-state index contributed by atoms with van der Waals surface area (Å²) in [5.41, 5.74) is 0. The molecule has 0 aliphatic carbocycles. The van der Waals surface area contributed by atoms with Gasteiger partial charge >= 0.3 is 15.5 Å². The van der Waals surface area contributed by atoms with Crippen LogP contribution in [0.4, 0.5) is 10.6 Å². The van der Waals surface area contributed by atoms with Gasteiger partial charge in [-0.2, -0.15) is 0 Å². The predicted octanol–water partition coefficient (Wildman–Crippen LogP) is 1.30. The molecule has 0 aromatic carbocycles. The number of hydrogen-bond acceptors (Lipinski definition) is 0. The summed E-state index contributed by atoms with van der Waals surface area (Å²) in [6.07, 6.45) is 0. The van der Waals surface area contributed by atoms with Crippen molar-refractivity contribution in [2.75, 3.05) is 0 Å². The van der Waals surface area contributed by atoms with E-state index in [4.69, 9.17) is 0 Å². The first-order valence-corrected chi connectivity index (χ1v) is 1.96. The maximum absolute atomic E-state index is 9.81. The molecule has 0 aromatic rings. The molecule has 0 aliphatic heterocycles. The minimum absolute atomic E-state index is 0. The van der Waals surface area contributed by atoms with Crippen molar-refractivity contribution in [1.29, 1.82) is 0 Å². The second-order valence-electron chi connectivity index (χ2n) is 0.247. The third-order valence-corrected chi connectivity index (χ3v) is 0. The number of halogens is 4. The Hall–Kier alpha value is 0.612. The Kier molecular flexibility index (Phi) is 8.44. The Balaban J connectivity index is 0. The zero-order valence-electron chi connectivity index (χ0n) is 2.12. The summed E-state index contributed by atoms with van der Waals surface area (Å²) in [7, 11) is 0. The molecule has 0 bridgehead atoms. The van der Waals surface area contributed by atoms with Crippen LogP contribution in [0.25, 0.3) is 0 Å². The summed E-state index contributed by atoms with van der Waals surface area (Å²) in [4.78, 5) is 0. The van der Waals surface area contributed by atoms with Crippen LogP contribution < -0.4 is 0 Å². The van der Waals surface area contributed by atoms with Gasteiger partial charge in [0.05, 0.1) is 0 Å². The lowest BCUT2D eigenvalue weighted by Gasteiger charge is -1.52. The molecule has 0 amide bonds. The number of hydrogen-bond donors (Lipinski definition) is 0. The van der Waals surface area contributed by atoms with Gasteiger partial charge in [0.15, 0.2) is 0 Å². The fraction of sp³-hybridized carbons (Fsp3) is 0. The van der Waals surface area contributed by atoms with Crippen molar-refractivity contribution in [2.45, 2.75) is 0 Å². The highest BCUT2D eigenvalue weighted by molar-refractivity contribution is 6.33. The molecule has 0 saturated heterocycles. The molecule has 0 aliphatic rings. The van der Waals surface area contributed by atoms with E-state index in [9.17, 15) is 10.6 Å². The van der Waals surface area contributed by atoms with Crippen LogP contribution >= 0.6 is 12.4 Å². The highest BCUT2D eigenvalue weighted by Gasteiger charge is 2.21. The molecule has 0 unspecified atom stereocenters. The van der Waals surface area contributed by atoms with Crippen molar-refractivity contribution in [3.8, 4) is 0 Å². The lowest BCUT2D eigenvalue weighted by Crippen LogP contribution is -1.76. The van der Waals surface area contributed by atoms with Gasteiger partial charge in [-0.15, -0.1) is 12.4 Å². The van der Waals surface area contributed by atoms with Gasteiger partial charge in [-0.1, -0.05) is 0 Å². The molecule has 5 heavy (non-hydrogen) atoms. The van der Waals surface area contributed by atoms with E-state index in [0.29, 0.717) is 0 Å². The summed E-state index contributed by atoms with van der Waals surface area (Å²) < 4.78 is 29.4. The Morgan fingerprint density at radius 2 is 1.00 bits per heavy atom. The Labute approximate surface area is 39.2 Å². The Bertz CT molecular complexity index is 11.6. The minimum atomic E-state index is -4.64. The van der Waals surface area contributed by atoms with Crippen LogP contribution in [0.5, 0.6) is 0 Å². The first kappa shape index (κ1) is 9.15. The summed E-state index contributed by atoms with van der Waals surface area (Å²) in [5, 5.41) is 0. The second-order valence-corrected chi connectivity index (χ2v) is 0.742. The molecule has 0 atom stereocenters. The summed E-state index contributed by atoms with van der Waals surface area (Å²) in [5.74, 6) is 0. The maximum Gasteiger partial charge on any atom is 1.04 e. The standard InChI is InChI=1S/Al.ClH.3FH/h;4*1H/q+3;;;;/p-3. The molecular weight excluding hydrogens is 119 g/mol. The second kappa shape index (κ2) is 4.61. The first-order valence-electron chi connectivity index (χ1n) is 0.655. The fourth-order valence-corrected chi connectivity index (χ4v) is 0. The molecule has 0 nitrogen and oxygen atoms in total. The van der Waals surface area contributed by atoms with E-state index in [1.54, 1.807) is 0 Å². The van der Waals surface area contributed by atoms with Gasteiger partial charge in [0.25, 0.3) is 0 Å². The fourth-order valence-electron chi connectivity index (χ4n) is 0. The van der Waals surface area contributed by atoms with Gasteiger partial charge in [-0.05, 0) is 0 Å². The maximum atomic E-state index is 9.81. The molecule has 5 heteroatoms. The molecule has 0 fully saturated rings. The highest BCUT2D eigenvalue weighted by Crippen LogP contribution is 1.80. The Morgan fingerprint density at radius 1 is 1.00 bits per heavy atom. The zero-order chi connectivity index (χ0) is 3.58. The zero-order valence-corrected chi connectivity index (χ0v) is 4.09. The van der Waals surface area contributed by atoms with Gasteiger partial charge in [-0.3, -0.25) is 0 Å². The molecule has 0 radical (unpaired) electrons. The Morgan fingerprint density at radius 3 is 1.00 bits per heavy atom. The van der Waals surface area contributed by atoms with Crippen LogP contribution in [0, 0.1) is 0 Å². The van der Waals surface area contributed by atoms with Crippen LogP contribution in [0.1, 0.15) is 0 Å². The van der Waals surface area contributed by atoms with Crippen LogP contribution in [0.3, 0.4) is 0 Å². The quantitative estimate of drug-likeness (QED) is 0.423. The van der Waals surface area contributed by atoms with Crippen molar-refractivity contribution in [3.05, 3.63) is 0 Å². The summed E-state index contributed by atoms with van der Waals surface area (Å²) in [6, 6.07) is 0. The topological polar surface area (TPSA) is 0 Å². The lowest BCUT2D eigenvalue weighted by atomic mass is 18.6. The van der Waals surface area contributed by atoms with Crippen molar-refractivity contribution in [3.63, 3.8) is 0 Å². The van der Waals surface area contributed by atoms with Gasteiger partial charge < -0.3 is 10.6 Å². The summed E-state index contributed by atoms with van der Waals surface area (Å²) in [6.45, 7) is 0. The smallest absolute Gasteiger partial charge is 0.346 e. The van der Waals surface area contributed by atoms with Crippen molar-refractivity contribution in [2.24, 2.45) is 0 Å². The van der Waals surface area contributed by atoms with E-state index < -0.39 is 15.5 Å². The average Bonchev–Trinajstić information content (AvgIpc) is 0.811. The largest absolute Gasteiger partial charge is 1.04 e. The molecule has 0 spiro atoms. The van der Waals surface area contributed by atoms with E-state index in [0.717, 1.165) is 0 Å². The normalized spacial score (nSPS) is 5.40. The number of rotatable bonds is 0. The van der Waals surface area contributed by atoms with Crippen LogP contribution in [0.15, 0.2) is 0 Å². The van der Waals surface area contributed by atoms with Crippen LogP contribution in [-0.2, 0) is 0 Å². The molecule has 0 rings (SSSR count). The minimum Gasteiger partial charge on any atom is -0.346 e. The molecule has 32 valence electrons.